The number of hydrogen-bond acceptors (Lipinski definition) is 2. The van der Waals surface area contributed by atoms with Gasteiger partial charge in [0.1, 0.15) is 0 Å². The van der Waals surface area contributed by atoms with Gasteiger partial charge in [0.25, 0.3) is 0 Å². The fourth-order valence-electron chi connectivity index (χ4n) is 2.52. The molecule has 1 heterocycles. The number of carboxylic acid groups (broad SMARTS) is 1. The van der Waals surface area contributed by atoms with Crippen LogP contribution in [0.5, 0.6) is 0 Å². The molecule has 0 unspecified atom stereocenters. The van der Waals surface area contributed by atoms with E-state index in [1.54, 1.807) is 11.8 Å². The van der Waals surface area contributed by atoms with E-state index in [4.69, 9.17) is 6.57 Å². The summed E-state index contributed by atoms with van der Waals surface area (Å²) < 4.78 is 38.9. The van der Waals surface area contributed by atoms with Gasteiger partial charge >= 0.3 is 12.1 Å². The molecule has 1 aliphatic heterocycles. The summed E-state index contributed by atoms with van der Waals surface area (Å²) in [7, 11) is 0. The molecule has 4 nitrogen and oxygen atoms in total. The summed E-state index contributed by atoms with van der Waals surface area (Å²) in [4.78, 5) is 15.8. The number of nitrogens with zero attached hydrogens (tertiary/aromatic N) is 2. The Morgan fingerprint density at radius 3 is 2.41 bits per heavy atom. The molecule has 0 aromatic heterocycles. The third kappa shape index (κ3) is 3.01. The summed E-state index contributed by atoms with van der Waals surface area (Å²) in [5.41, 5.74) is -1.85. The lowest BCUT2D eigenvalue weighted by molar-refractivity contribution is -0.149. The zero-order valence-corrected chi connectivity index (χ0v) is 11.9. The zero-order chi connectivity index (χ0) is 16.5. The largest absolute Gasteiger partial charge is 0.481 e. The lowest BCUT2D eigenvalue weighted by atomic mass is 9.80. The minimum absolute atomic E-state index is 0.368. The first-order valence-electron chi connectivity index (χ1n) is 6.74. The van der Waals surface area contributed by atoms with Crippen LogP contribution in [0.25, 0.3) is 4.85 Å². The highest BCUT2D eigenvalue weighted by Crippen LogP contribution is 2.40. The van der Waals surface area contributed by atoms with Crippen molar-refractivity contribution in [1.82, 2.24) is 0 Å². The molecule has 0 bridgehead atoms. The van der Waals surface area contributed by atoms with Crippen molar-refractivity contribution in [2.45, 2.75) is 25.9 Å². The van der Waals surface area contributed by atoms with E-state index in [0.29, 0.717) is 31.6 Å². The molecule has 118 valence electrons. The van der Waals surface area contributed by atoms with Gasteiger partial charge in [-0.1, -0.05) is 6.07 Å². The second kappa shape index (κ2) is 5.52. The lowest BCUT2D eigenvalue weighted by Gasteiger charge is -2.38. The number of anilines is 1. The Labute approximate surface area is 126 Å². The van der Waals surface area contributed by atoms with E-state index in [2.05, 4.69) is 4.85 Å². The van der Waals surface area contributed by atoms with Crippen LogP contribution in [0.1, 0.15) is 25.3 Å². The van der Waals surface area contributed by atoms with Gasteiger partial charge in [-0.2, -0.15) is 13.2 Å². The van der Waals surface area contributed by atoms with E-state index < -0.39 is 28.8 Å². The summed E-state index contributed by atoms with van der Waals surface area (Å²) in [6, 6.07) is 3.61. The molecule has 1 aromatic rings. The molecule has 1 aromatic carbocycles. The van der Waals surface area contributed by atoms with Crippen molar-refractivity contribution in [3.63, 3.8) is 0 Å². The van der Waals surface area contributed by atoms with Crippen LogP contribution in [0.15, 0.2) is 18.2 Å². The summed E-state index contributed by atoms with van der Waals surface area (Å²) >= 11 is 0. The summed E-state index contributed by atoms with van der Waals surface area (Å²) in [6.45, 7) is 9.22. The second-order valence-electron chi connectivity index (χ2n) is 5.66. The summed E-state index contributed by atoms with van der Waals surface area (Å²) in [6.07, 6.45) is -3.84. The van der Waals surface area contributed by atoms with Crippen LogP contribution in [0.3, 0.4) is 0 Å². The molecule has 1 fully saturated rings. The van der Waals surface area contributed by atoms with Gasteiger partial charge in [0.05, 0.1) is 17.6 Å². The van der Waals surface area contributed by atoms with Crippen molar-refractivity contribution in [3.05, 3.63) is 35.2 Å². The smallest absolute Gasteiger partial charge is 0.407 e. The Morgan fingerprint density at radius 1 is 1.36 bits per heavy atom. The van der Waals surface area contributed by atoms with Crippen molar-refractivity contribution < 1.29 is 23.1 Å². The number of piperidine rings is 1. The maximum absolute atomic E-state index is 13.0. The highest BCUT2D eigenvalue weighted by Gasteiger charge is 2.38. The maximum Gasteiger partial charge on any atom is 0.407 e. The summed E-state index contributed by atoms with van der Waals surface area (Å²) in [5.74, 6) is -0.883. The topological polar surface area (TPSA) is 44.9 Å². The van der Waals surface area contributed by atoms with Gasteiger partial charge in [-0.3, -0.25) is 4.79 Å². The number of alkyl halides is 3. The molecule has 22 heavy (non-hydrogen) atoms. The highest BCUT2D eigenvalue weighted by molar-refractivity contribution is 5.74. The third-order valence-electron chi connectivity index (χ3n) is 4.15. The van der Waals surface area contributed by atoms with Gasteiger partial charge in [-0.25, -0.2) is 4.85 Å². The predicted molar refractivity (Wildman–Crippen MR) is 74.9 cm³/mol. The number of carbonyl (C=O) groups is 1. The van der Waals surface area contributed by atoms with E-state index >= 15 is 0 Å². The predicted octanol–water partition coefficient (Wildman–Crippen LogP) is 3.95. The van der Waals surface area contributed by atoms with Crippen molar-refractivity contribution in [3.8, 4) is 0 Å². The standard InChI is InChI=1S/C15H15F3N2O2/c1-14(13(21)22)5-7-20(8-6-14)10-3-4-12(19-2)11(9-10)15(16,17)18/h3-4,9H,5-8H2,1H3,(H,21,22). The second-order valence-corrected chi connectivity index (χ2v) is 5.66. The molecular formula is C15H15F3N2O2. The van der Waals surface area contributed by atoms with Crippen LogP contribution in [0, 0.1) is 12.0 Å². The first-order valence-corrected chi connectivity index (χ1v) is 6.74. The highest BCUT2D eigenvalue weighted by atomic mass is 19.4. The van der Waals surface area contributed by atoms with Crippen molar-refractivity contribution in [1.29, 1.82) is 0 Å². The van der Waals surface area contributed by atoms with Gasteiger partial charge in [0.2, 0.25) is 0 Å². The molecule has 0 atom stereocenters. The average Bonchev–Trinajstić information content (AvgIpc) is 2.46. The molecular weight excluding hydrogens is 297 g/mol. The molecule has 0 aliphatic carbocycles. The number of aliphatic carboxylic acids is 1. The van der Waals surface area contributed by atoms with Crippen molar-refractivity contribution in [2.24, 2.45) is 5.41 Å². The summed E-state index contributed by atoms with van der Waals surface area (Å²) in [5, 5.41) is 9.17. The normalized spacial score (nSPS) is 17.9. The number of carboxylic acids is 1. The molecule has 0 saturated carbocycles. The molecule has 0 radical (unpaired) electrons. The molecule has 1 aliphatic rings. The minimum Gasteiger partial charge on any atom is -0.481 e. The van der Waals surface area contributed by atoms with Gasteiger partial charge in [-0.15, -0.1) is 0 Å². The number of hydrogen-bond donors (Lipinski definition) is 1. The monoisotopic (exact) mass is 312 g/mol. The number of benzene rings is 1. The van der Waals surface area contributed by atoms with Crippen LogP contribution in [0.2, 0.25) is 0 Å². The van der Waals surface area contributed by atoms with Gasteiger partial charge < -0.3 is 10.0 Å². The molecule has 2 rings (SSSR count). The Hall–Kier alpha value is -2.23. The van der Waals surface area contributed by atoms with Crippen molar-refractivity contribution in [2.75, 3.05) is 18.0 Å². The first-order chi connectivity index (χ1) is 10.2. The fourth-order valence-corrected chi connectivity index (χ4v) is 2.52. The first kappa shape index (κ1) is 16.1. The van der Waals surface area contributed by atoms with Crippen LogP contribution >= 0.6 is 0 Å². The van der Waals surface area contributed by atoms with E-state index in [1.807, 2.05) is 0 Å². The third-order valence-corrected chi connectivity index (χ3v) is 4.15. The van der Waals surface area contributed by atoms with E-state index in [1.165, 1.54) is 6.07 Å². The molecule has 0 spiro atoms. The number of halogens is 3. The van der Waals surface area contributed by atoms with Gasteiger partial charge in [0.15, 0.2) is 5.69 Å². The van der Waals surface area contributed by atoms with Crippen molar-refractivity contribution >= 4 is 17.3 Å². The molecule has 1 saturated heterocycles. The Bertz CT molecular complexity index is 627. The van der Waals surface area contributed by atoms with Crippen LogP contribution in [-0.2, 0) is 11.0 Å². The van der Waals surface area contributed by atoms with Crippen LogP contribution < -0.4 is 4.90 Å². The van der Waals surface area contributed by atoms with E-state index in [0.717, 1.165) is 12.1 Å². The van der Waals surface area contributed by atoms with E-state index in [-0.39, 0.29) is 0 Å². The average molecular weight is 312 g/mol. The van der Waals surface area contributed by atoms with Crippen LogP contribution in [-0.4, -0.2) is 24.2 Å². The Kier molecular flexibility index (Phi) is 4.05. The lowest BCUT2D eigenvalue weighted by Crippen LogP contribution is -2.42. The Morgan fingerprint density at radius 2 is 1.95 bits per heavy atom. The van der Waals surface area contributed by atoms with E-state index in [9.17, 15) is 23.1 Å². The maximum atomic E-state index is 13.0. The molecule has 1 N–H and O–H groups in total. The fraction of sp³-hybridized carbons (Fsp3) is 0.467. The Balaban J connectivity index is 2.25. The van der Waals surface area contributed by atoms with Gasteiger partial charge in [-0.05, 0) is 31.9 Å². The minimum atomic E-state index is -4.58. The van der Waals surface area contributed by atoms with Gasteiger partial charge in [0, 0.05) is 18.8 Å². The quantitative estimate of drug-likeness (QED) is 0.841. The van der Waals surface area contributed by atoms with Crippen LogP contribution in [0.4, 0.5) is 24.5 Å². The zero-order valence-electron chi connectivity index (χ0n) is 11.9. The SMILES string of the molecule is [C-]#[N+]c1ccc(N2CCC(C)(C(=O)O)CC2)cc1C(F)(F)F. The number of rotatable bonds is 2. The molecule has 0 amide bonds. The molecule has 7 heteroatoms.